The molecule has 0 bridgehead atoms. The van der Waals surface area contributed by atoms with Gasteiger partial charge in [0.25, 0.3) is 0 Å². The Kier molecular flexibility index (Phi) is 9.27. The first kappa shape index (κ1) is 22.1. The van der Waals surface area contributed by atoms with E-state index in [1.165, 1.54) is 0 Å². The first-order chi connectivity index (χ1) is 12.0. The predicted molar refractivity (Wildman–Crippen MR) is 106 cm³/mol. The molecule has 0 radical (unpaired) electrons. The summed E-state index contributed by atoms with van der Waals surface area (Å²) in [7, 11) is 1.55. The minimum absolute atomic E-state index is 0. The Balaban J connectivity index is 0.00000338. The summed E-state index contributed by atoms with van der Waals surface area (Å²) in [6.07, 6.45) is 0.214. The highest BCUT2D eigenvalue weighted by Gasteiger charge is 2.14. The van der Waals surface area contributed by atoms with Crippen LogP contribution in [0.5, 0.6) is 11.5 Å². The number of hydrogen-bond donors (Lipinski definition) is 2. The Morgan fingerprint density at radius 3 is 2.58 bits per heavy atom. The van der Waals surface area contributed by atoms with Crippen molar-refractivity contribution in [2.24, 2.45) is 5.73 Å². The van der Waals surface area contributed by atoms with Gasteiger partial charge in [0, 0.05) is 19.0 Å². The Labute approximate surface area is 165 Å². The Morgan fingerprint density at radius 2 is 1.96 bits per heavy atom. The van der Waals surface area contributed by atoms with Crippen LogP contribution in [0.1, 0.15) is 30.5 Å². The van der Waals surface area contributed by atoms with Crippen LogP contribution in [0.15, 0.2) is 42.5 Å². The van der Waals surface area contributed by atoms with Crippen molar-refractivity contribution in [1.29, 1.82) is 0 Å². The van der Waals surface area contributed by atoms with Gasteiger partial charge in [-0.1, -0.05) is 41.9 Å². The molecule has 2 rings (SSSR count). The molecule has 5 nitrogen and oxygen atoms in total. The lowest BCUT2D eigenvalue weighted by Gasteiger charge is -2.15. The van der Waals surface area contributed by atoms with Crippen LogP contribution in [-0.2, 0) is 11.3 Å². The molecule has 2 aromatic rings. The summed E-state index contributed by atoms with van der Waals surface area (Å²) >= 11 is 6.23. The number of halogens is 2. The fourth-order valence-electron chi connectivity index (χ4n) is 2.45. The third-order valence-corrected chi connectivity index (χ3v) is 3.98. The van der Waals surface area contributed by atoms with E-state index in [-0.39, 0.29) is 30.8 Å². The molecule has 0 spiro atoms. The van der Waals surface area contributed by atoms with Gasteiger partial charge in [-0.15, -0.1) is 12.4 Å². The zero-order valence-corrected chi connectivity index (χ0v) is 16.4. The van der Waals surface area contributed by atoms with Crippen LogP contribution in [0, 0.1) is 0 Å². The lowest BCUT2D eigenvalue weighted by molar-refractivity contribution is -0.121. The number of carbonyl (C=O) groups is 1. The monoisotopic (exact) mass is 398 g/mol. The lowest BCUT2D eigenvalue weighted by Crippen LogP contribution is -2.27. The van der Waals surface area contributed by atoms with Gasteiger partial charge >= 0.3 is 0 Å². The molecule has 0 saturated carbocycles. The largest absolute Gasteiger partial charge is 0.493 e. The second-order valence-corrected chi connectivity index (χ2v) is 5.95. The zero-order chi connectivity index (χ0) is 18.2. The van der Waals surface area contributed by atoms with E-state index in [2.05, 4.69) is 5.32 Å². The molecule has 142 valence electrons. The van der Waals surface area contributed by atoms with Gasteiger partial charge in [0.15, 0.2) is 11.5 Å². The number of hydrogen-bond acceptors (Lipinski definition) is 4. The quantitative estimate of drug-likeness (QED) is 0.707. The number of rotatable bonds is 8. The van der Waals surface area contributed by atoms with Gasteiger partial charge in [-0.2, -0.15) is 0 Å². The van der Waals surface area contributed by atoms with Crippen molar-refractivity contribution in [3.63, 3.8) is 0 Å². The van der Waals surface area contributed by atoms with Gasteiger partial charge in [-0.3, -0.25) is 4.79 Å². The van der Waals surface area contributed by atoms with Gasteiger partial charge in [0.1, 0.15) is 0 Å². The van der Waals surface area contributed by atoms with Crippen molar-refractivity contribution in [3.05, 3.63) is 58.6 Å². The highest BCUT2D eigenvalue weighted by atomic mass is 35.5. The maximum absolute atomic E-state index is 12.1. The molecule has 7 heteroatoms. The Hall–Kier alpha value is -1.95. The number of ether oxygens (including phenoxy) is 2. The topological polar surface area (TPSA) is 73.6 Å². The number of nitrogens with two attached hydrogens (primary N) is 1. The van der Waals surface area contributed by atoms with Gasteiger partial charge in [0.05, 0.1) is 18.7 Å². The Bertz CT molecular complexity index is 711. The van der Waals surface area contributed by atoms with Crippen molar-refractivity contribution >= 4 is 29.9 Å². The van der Waals surface area contributed by atoms with E-state index in [9.17, 15) is 4.79 Å². The van der Waals surface area contributed by atoms with Gasteiger partial charge < -0.3 is 20.5 Å². The van der Waals surface area contributed by atoms with Crippen LogP contribution >= 0.6 is 24.0 Å². The molecule has 1 atom stereocenters. The molecule has 2 aromatic carbocycles. The number of methoxy groups -OCH3 is 1. The van der Waals surface area contributed by atoms with E-state index in [0.717, 1.165) is 11.1 Å². The van der Waals surface area contributed by atoms with Crippen LogP contribution in [-0.4, -0.2) is 19.6 Å². The van der Waals surface area contributed by atoms with E-state index in [0.29, 0.717) is 29.7 Å². The number of carbonyl (C=O) groups excluding carboxylic acids is 1. The molecule has 26 heavy (non-hydrogen) atoms. The first-order valence-electron chi connectivity index (χ1n) is 8.11. The first-order valence-corrected chi connectivity index (χ1v) is 8.49. The molecule has 0 heterocycles. The normalized spacial score (nSPS) is 11.2. The third-order valence-electron chi connectivity index (χ3n) is 3.70. The fraction of sp³-hybridized carbons (Fsp3) is 0.316. The zero-order valence-electron chi connectivity index (χ0n) is 14.8. The van der Waals surface area contributed by atoms with Gasteiger partial charge in [-0.05, 0) is 30.2 Å². The number of benzene rings is 2. The third kappa shape index (κ3) is 6.09. The van der Waals surface area contributed by atoms with Crippen LogP contribution in [0.4, 0.5) is 0 Å². The molecule has 3 N–H and O–H groups in total. The molecule has 0 saturated heterocycles. The summed E-state index contributed by atoms with van der Waals surface area (Å²) in [6.45, 7) is 2.70. The van der Waals surface area contributed by atoms with Crippen molar-refractivity contribution < 1.29 is 14.3 Å². The van der Waals surface area contributed by atoms with Crippen molar-refractivity contribution in [3.8, 4) is 11.5 Å². The van der Waals surface area contributed by atoms with Crippen LogP contribution in [0.2, 0.25) is 5.02 Å². The van der Waals surface area contributed by atoms with E-state index in [1.54, 1.807) is 19.2 Å². The highest BCUT2D eigenvalue weighted by molar-refractivity contribution is 6.32. The molecular weight excluding hydrogens is 375 g/mol. The highest BCUT2D eigenvalue weighted by Crippen LogP contribution is 2.36. The van der Waals surface area contributed by atoms with Crippen LogP contribution < -0.4 is 20.5 Å². The second kappa shape index (κ2) is 10.9. The molecule has 0 aliphatic rings. The summed E-state index contributed by atoms with van der Waals surface area (Å²) in [5.74, 6) is 0.924. The summed E-state index contributed by atoms with van der Waals surface area (Å²) < 4.78 is 10.8. The molecular formula is C19H24Cl2N2O3. The van der Waals surface area contributed by atoms with E-state index >= 15 is 0 Å². The number of amides is 1. The standard InChI is InChI=1S/C19H23ClN2O3.ClH/c1-3-25-19-15(20)9-13(10-17(19)24-2)12-22-18(23)11-16(21)14-7-5-4-6-8-14;/h4-10,16H,3,11-12,21H2,1-2H3,(H,22,23);1H. The average Bonchev–Trinajstić information content (AvgIpc) is 2.62. The molecule has 1 unspecified atom stereocenters. The average molecular weight is 399 g/mol. The van der Waals surface area contributed by atoms with E-state index in [1.807, 2.05) is 37.3 Å². The van der Waals surface area contributed by atoms with Crippen molar-refractivity contribution in [1.82, 2.24) is 5.32 Å². The Morgan fingerprint density at radius 1 is 1.27 bits per heavy atom. The van der Waals surface area contributed by atoms with E-state index < -0.39 is 0 Å². The summed E-state index contributed by atoms with van der Waals surface area (Å²) in [5.41, 5.74) is 7.83. The van der Waals surface area contributed by atoms with Gasteiger partial charge in [-0.25, -0.2) is 0 Å². The summed E-state index contributed by atoms with van der Waals surface area (Å²) in [4.78, 5) is 12.1. The number of nitrogens with one attached hydrogen (secondary N) is 1. The van der Waals surface area contributed by atoms with Gasteiger partial charge in [0.2, 0.25) is 5.91 Å². The summed E-state index contributed by atoms with van der Waals surface area (Å²) in [5, 5.41) is 3.31. The van der Waals surface area contributed by atoms with Crippen LogP contribution in [0.25, 0.3) is 0 Å². The van der Waals surface area contributed by atoms with E-state index in [4.69, 9.17) is 26.8 Å². The van der Waals surface area contributed by atoms with Crippen molar-refractivity contribution in [2.45, 2.75) is 25.9 Å². The molecule has 0 aliphatic heterocycles. The maximum atomic E-state index is 12.1. The minimum atomic E-state index is -0.334. The predicted octanol–water partition coefficient (Wildman–Crippen LogP) is 3.88. The second-order valence-electron chi connectivity index (χ2n) is 5.54. The molecule has 0 aromatic heterocycles. The SMILES string of the molecule is CCOc1c(Cl)cc(CNC(=O)CC(N)c2ccccc2)cc1OC.Cl. The lowest BCUT2D eigenvalue weighted by atomic mass is 10.0. The smallest absolute Gasteiger partial charge is 0.222 e. The van der Waals surface area contributed by atoms with Crippen LogP contribution in [0.3, 0.4) is 0 Å². The maximum Gasteiger partial charge on any atom is 0.222 e. The summed E-state index contributed by atoms with van der Waals surface area (Å²) in [6, 6.07) is 12.8. The van der Waals surface area contributed by atoms with Crippen molar-refractivity contribution in [2.75, 3.05) is 13.7 Å². The molecule has 0 aliphatic carbocycles. The minimum Gasteiger partial charge on any atom is -0.493 e. The molecule has 1 amide bonds. The fourth-order valence-corrected chi connectivity index (χ4v) is 2.74. The molecule has 0 fully saturated rings.